The first-order valence-electron chi connectivity index (χ1n) is 11.1. The normalized spacial score (nSPS) is 18.0. The van der Waals surface area contributed by atoms with Gasteiger partial charge in [0.2, 0.25) is 5.91 Å². The summed E-state index contributed by atoms with van der Waals surface area (Å²) >= 11 is 0. The van der Waals surface area contributed by atoms with Crippen LogP contribution < -0.4 is 4.74 Å². The van der Waals surface area contributed by atoms with Crippen LogP contribution in [0.3, 0.4) is 0 Å². The van der Waals surface area contributed by atoms with E-state index in [4.69, 9.17) is 4.74 Å². The molecule has 5 heteroatoms. The molecule has 2 aliphatic rings. The number of hydrogen-bond acceptors (Lipinski definition) is 3. The van der Waals surface area contributed by atoms with E-state index in [2.05, 4.69) is 4.90 Å². The second-order valence-corrected chi connectivity index (χ2v) is 8.25. The van der Waals surface area contributed by atoms with Crippen molar-refractivity contribution in [3.8, 4) is 11.5 Å². The minimum Gasteiger partial charge on any atom is -0.457 e. The summed E-state index contributed by atoms with van der Waals surface area (Å²) < 4.78 is 5.86. The van der Waals surface area contributed by atoms with Crippen LogP contribution in [0.4, 0.5) is 0 Å². The Labute approximate surface area is 178 Å². The molecule has 0 N–H and O–H groups in total. The Balaban J connectivity index is 1.34. The summed E-state index contributed by atoms with van der Waals surface area (Å²) in [6.45, 7) is 3.05. The number of nitrogens with zero attached hydrogens (tertiary/aromatic N) is 2. The van der Waals surface area contributed by atoms with Gasteiger partial charge < -0.3 is 14.5 Å². The van der Waals surface area contributed by atoms with Gasteiger partial charge in [-0.3, -0.25) is 9.59 Å². The third-order valence-corrected chi connectivity index (χ3v) is 6.11. The molecule has 2 aliphatic heterocycles. The number of para-hydroxylation sites is 1. The molecule has 0 unspecified atom stereocenters. The van der Waals surface area contributed by atoms with Crippen molar-refractivity contribution < 1.29 is 14.3 Å². The van der Waals surface area contributed by atoms with Crippen molar-refractivity contribution in [3.05, 3.63) is 60.2 Å². The monoisotopic (exact) mass is 406 g/mol. The van der Waals surface area contributed by atoms with E-state index in [1.807, 2.05) is 53.4 Å². The van der Waals surface area contributed by atoms with E-state index in [1.54, 1.807) is 6.07 Å². The fraction of sp³-hybridized carbons (Fsp3) is 0.440. The van der Waals surface area contributed by atoms with E-state index in [9.17, 15) is 9.59 Å². The smallest absolute Gasteiger partial charge is 0.253 e. The molecule has 0 radical (unpaired) electrons. The highest BCUT2D eigenvalue weighted by Gasteiger charge is 2.30. The van der Waals surface area contributed by atoms with Gasteiger partial charge in [-0.05, 0) is 56.0 Å². The van der Waals surface area contributed by atoms with Crippen LogP contribution in [-0.2, 0) is 4.79 Å². The van der Waals surface area contributed by atoms with Crippen molar-refractivity contribution in [2.75, 3.05) is 26.2 Å². The maximum Gasteiger partial charge on any atom is 0.253 e. The van der Waals surface area contributed by atoms with Crippen molar-refractivity contribution in [1.29, 1.82) is 0 Å². The van der Waals surface area contributed by atoms with E-state index in [-0.39, 0.29) is 11.8 Å². The summed E-state index contributed by atoms with van der Waals surface area (Å²) in [6, 6.07) is 16.9. The van der Waals surface area contributed by atoms with E-state index < -0.39 is 0 Å². The maximum atomic E-state index is 13.0. The lowest BCUT2D eigenvalue weighted by Gasteiger charge is -2.34. The van der Waals surface area contributed by atoms with Crippen LogP contribution in [0, 0.1) is 5.92 Å². The predicted molar refractivity (Wildman–Crippen MR) is 117 cm³/mol. The number of amides is 2. The van der Waals surface area contributed by atoms with Gasteiger partial charge in [0.25, 0.3) is 5.91 Å². The van der Waals surface area contributed by atoms with Crippen molar-refractivity contribution >= 4 is 11.8 Å². The lowest BCUT2D eigenvalue weighted by molar-refractivity contribution is -0.136. The first-order valence-corrected chi connectivity index (χ1v) is 11.1. The Morgan fingerprint density at radius 3 is 2.10 bits per heavy atom. The van der Waals surface area contributed by atoms with Crippen LogP contribution in [-0.4, -0.2) is 47.8 Å². The minimum absolute atomic E-state index is 0.00850. The van der Waals surface area contributed by atoms with Gasteiger partial charge in [-0.25, -0.2) is 0 Å². The van der Waals surface area contributed by atoms with Gasteiger partial charge in [0.05, 0.1) is 0 Å². The molecule has 158 valence electrons. The molecule has 2 amide bonds. The van der Waals surface area contributed by atoms with Crippen LogP contribution in [0.5, 0.6) is 11.5 Å². The molecule has 2 heterocycles. The molecule has 0 saturated carbocycles. The number of likely N-dealkylation sites (tertiary alicyclic amines) is 2. The quantitative estimate of drug-likeness (QED) is 0.737. The number of hydrogen-bond donors (Lipinski definition) is 0. The zero-order chi connectivity index (χ0) is 20.8. The van der Waals surface area contributed by atoms with Crippen molar-refractivity contribution in [2.45, 2.75) is 38.5 Å². The zero-order valence-electron chi connectivity index (χ0n) is 17.5. The van der Waals surface area contributed by atoms with Crippen LogP contribution >= 0.6 is 0 Å². The molecule has 0 spiro atoms. The standard InChI is InChI=1S/C25H30N2O3/c28-24(26-15-6-1-2-7-16-26)20-13-17-27(18-14-20)25(29)21-9-8-12-23(19-21)30-22-10-4-3-5-11-22/h3-5,8-12,19-20H,1-2,6-7,13-18H2. The maximum absolute atomic E-state index is 13.0. The first kappa shape index (κ1) is 20.5. The summed E-state index contributed by atoms with van der Waals surface area (Å²) in [5, 5.41) is 0. The third-order valence-electron chi connectivity index (χ3n) is 6.11. The Hall–Kier alpha value is -2.82. The number of ether oxygens (including phenoxy) is 1. The number of carbonyl (C=O) groups is 2. The van der Waals surface area contributed by atoms with Gasteiger partial charge in [0.15, 0.2) is 0 Å². The SMILES string of the molecule is O=C(c1cccc(Oc2ccccc2)c1)N1CCC(C(=O)N2CCCCCC2)CC1. The van der Waals surface area contributed by atoms with Gasteiger partial charge in [0.1, 0.15) is 11.5 Å². The average molecular weight is 407 g/mol. The van der Waals surface area contributed by atoms with Crippen LogP contribution in [0.1, 0.15) is 48.9 Å². The highest BCUT2D eigenvalue weighted by atomic mass is 16.5. The van der Waals surface area contributed by atoms with Crippen LogP contribution in [0.15, 0.2) is 54.6 Å². The molecule has 0 aliphatic carbocycles. The fourth-order valence-corrected chi connectivity index (χ4v) is 4.38. The topological polar surface area (TPSA) is 49.9 Å². The Bertz CT molecular complexity index is 852. The Morgan fingerprint density at radius 1 is 0.733 bits per heavy atom. The highest BCUT2D eigenvalue weighted by Crippen LogP contribution is 2.25. The summed E-state index contributed by atoms with van der Waals surface area (Å²) in [5.41, 5.74) is 0.626. The number of piperidine rings is 1. The minimum atomic E-state index is 0.00850. The molecule has 5 nitrogen and oxygen atoms in total. The molecular formula is C25H30N2O3. The van der Waals surface area contributed by atoms with E-state index in [0.29, 0.717) is 30.3 Å². The fourth-order valence-electron chi connectivity index (χ4n) is 4.38. The van der Waals surface area contributed by atoms with Gasteiger partial charge in [-0.2, -0.15) is 0 Å². The van der Waals surface area contributed by atoms with Crippen molar-refractivity contribution in [2.24, 2.45) is 5.92 Å². The molecule has 0 aromatic heterocycles. The Morgan fingerprint density at radius 2 is 1.40 bits per heavy atom. The molecule has 0 atom stereocenters. The van der Waals surface area contributed by atoms with Crippen LogP contribution in [0.25, 0.3) is 0 Å². The van der Waals surface area contributed by atoms with E-state index in [0.717, 1.165) is 44.5 Å². The molecule has 2 saturated heterocycles. The largest absolute Gasteiger partial charge is 0.457 e. The average Bonchev–Trinajstić information content (AvgIpc) is 3.09. The summed E-state index contributed by atoms with van der Waals surface area (Å²) in [4.78, 5) is 29.8. The molecule has 4 rings (SSSR count). The number of carbonyl (C=O) groups excluding carboxylic acids is 2. The second-order valence-electron chi connectivity index (χ2n) is 8.25. The van der Waals surface area contributed by atoms with Gasteiger partial charge in [-0.1, -0.05) is 37.1 Å². The van der Waals surface area contributed by atoms with Gasteiger partial charge >= 0.3 is 0 Å². The second kappa shape index (κ2) is 9.79. The summed E-state index contributed by atoms with van der Waals surface area (Å²) in [5.74, 6) is 1.75. The van der Waals surface area contributed by atoms with Crippen LogP contribution in [0.2, 0.25) is 0 Å². The number of benzene rings is 2. The van der Waals surface area contributed by atoms with Gasteiger partial charge in [0, 0.05) is 37.7 Å². The zero-order valence-corrected chi connectivity index (χ0v) is 17.5. The highest BCUT2D eigenvalue weighted by molar-refractivity contribution is 5.94. The summed E-state index contributed by atoms with van der Waals surface area (Å²) in [7, 11) is 0. The number of rotatable bonds is 4. The summed E-state index contributed by atoms with van der Waals surface area (Å²) in [6.07, 6.45) is 6.19. The van der Waals surface area contributed by atoms with Crippen molar-refractivity contribution in [3.63, 3.8) is 0 Å². The molecule has 0 bridgehead atoms. The first-order chi connectivity index (χ1) is 14.7. The molecule has 2 fully saturated rings. The predicted octanol–water partition coefficient (Wildman–Crippen LogP) is 4.73. The van der Waals surface area contributed by atoms with E-state index in [1.165, 1.54) is 12.8 Å². The molecular weight excluding hydrogens is 376 g/mol. The molecule has 2 aromatic rings. The lowest BCUT2D eigenvalue weighted by atomic mass is 9.94. The molecule has 30 heavy (non-hydrogen) atoms. The third kappa shape index (κ3) is 5.02. The van der Waals surface area contributed by atoms with Gasteiger partial charge in [-0.15, -0.1) is 0 Å². The van der Waals surface area contributed by atoms with Crippen molar-refractivity contribution in [1.82, 2.24) is 9.80 Å². The van der Waals surface area contributed by atoms with E-state index >= 15 is 0 Å². The molecule has 2 aromatic carbocycles. The Kier molecular flexibility index (Phi) is 6.67. The lowest BCUT2D eigenvalue weighted by Crippen LogP contribution is -2.44.